The second-order valence-electron chi connectivity index (χ2n) is 5.21. The zero-order valence-corrected chi connectivity index (χ0v) is 11.4. The third-order valence-corrected chi connectivity index (χ3v) is 3.77. The van der Waals surface area contributed by atoms with Gasteiger partial charge in [0.15, 0.2) is 0 Å². The van der Waals surface area contributed by atoms with Crippen molar-refractivity contribution >= 4 is 11.6 Å². The first-order valence-corrected chi connectivity index (χ1v) is 7.11. The van der Waals surface area contributed by atoms with Crippen LogP contribution >= 0.6 is 11.6 Å². The number of hydrogen-bond acceptors (Lipinski definition) is 1. The Labute approximate surface area is 110 Å². The first-order chi connectivity index (χ1) is 8.24. The standard InChI is InChI=1S/C15H22ClN/c1-12-8-13(10-14(16)9-12)11-17-15-6-4-2-3-5-7-15/h8-10,15,17H,2-7,11H2,1H3. The minimum Gasteiger partial charge on any atom is -0.310 e. The number of rotatable bonds is 3. The summed E-state index contributed by atoms with van der Waals surface area (Å²) in [5, 5.41) is 4.52. The summed E-state index contributed by atoms with van der Waals surface area (Å²) < 4.78 is 0. The maximum absolute atomic E-state index is 6.07. The lowest BCUT2D eigenvalue weighted by molar-refractivity contribution is 0.459. The van der Waals surface area contributed by atoms with Gasteiger partial charge in [-0.05, 0) is 43.0 Å². The van der Waals surface area contributed by atoms with Crippen LogP contribution in [0.2, 0.25) is 5.02 Å². The van der Waals surface area contributed by atoms with Crippen LogP contribution in [-0.2, 0) is 6.54 Å². The van der Waals surface area contributed by atoms with Crippen molar-refractivity contribution in [2.24, 2.45) is 0 Å². The van der Waals surface area contributed by atoms with E-state index in [1.807, 2.05) is 6.07 Å². The van der Waals surface area contributed by atoms with E-state index >= 15 is 0 Å². The molecule has 17 heavy (non-hydrogen) atoms. The van der Waals surface area contributed by atoms with Gasteiger partial charge >= 0.3 is 0 Å². The molecule has 94 valence electrons. The molecule has 1 aliphatic carbocycles. The van der Waals surface area contributed by atoms with Crippen LogP contribution in [0.3, 0.4) is 0 Å². The van der Waals surface area contributed by atoms with E-state index in [-0.39, 0.29) is 0 Å². The summed E-state index contributed by atoms with van der Waals surface area (Å²) in [6.45, 7) is 3.05. The van der Waals surface area contributed by atoms with Crippen molar-refractivity contribution in [1.29, 1.82) is 0 Å². The normalized spacial score (nSPS) is 18.0. The zero-order valence-electron chi connectivity index (χ0n) is 10.6. The average Bonchev–Trinajstić information content (AvgIpc) is 2.53. The van der Waals surface area contributed by atoms with E-state index in [0.29, 0.717) is 6.04 Å². The fourth-order valence-corrected chi connectivity index (χ4v) is 2.97. The fourth-order valence-electron chi connectivity index (χ4n) is 2.66. The molecule has 0 heterocycles. The molecule has 0 atom stereocenters. The van der Waals surface area contributed by atoms with Crippen molar-refractivity contribution < 1.29 is 0 Å². The molecule has 1 fully saturated rings. The minimum atomic E-state index is 0.705. The van der Waals surface area contributed by atoms with Crippen LogP contribution in [0, 0.1) is 6.92 Å². The summed E-state index contributed by atoms with van der Waals surface area (Å²) in [6.07, 6.45) is 8.25. The molecule has 0 bridgehead atoms. The predicted octanol–water partition coefficient (Wildman–Crippen LogP) is 4.46. The van der Waals surface area contributed by atoms with Crippen molar-refractivity contribution in [3.8, 4) is 0 Å². The molecule has 2 heteroatoms. The maximum Gasteiger partial charge on any atom is 0.0411 e. The summed E-state index contributed by atoms with van der Waals surface area (Å²) in [5.41, 5.74) is 2.55. The average molecular weight is 252 g/mol. The summed E-state index contributed by atoms with van der Waals surface area (Å²) in [5.74, 6) is 0. The van der Waals surface area contributed by atoms with Crippen LogP contribution in [0.15, 0.2) is 18.2 Å². The highest BCUT2D eigenvalue weighted by Crippen LogP contribution is 2.19. The number of nitrogens with one attached hydrogen (secondary N) is 1. The molecule has 1 N–H and O–H groups in total. The highest BCUT2D eigenvalue weighted by Gasteiger charge is 2.11. The Bertz CT molecular complexity index is 334. The van der Waals surface area contributed by atoms with E-state index in [1.54, 1.807) is 0 Å². The number of halogens is 1. The number of hydrogen-bond donors (Lipinski definition) is 1. The molecule has 0 aliphatic heterocycles. The van der Waals surface area contributed by atoms with Crippen LogP contribution in [0.5, 0.6) is 0 Å². The molecular formula is C15H22ClN. The van der Waals surface area contributed by atoms with Gasteiger partial charge in [-0.1, -0.05) is 43.4 Å². The Morgan fingerprint density at radius 3 is 2.47 bits per heavy atom. The quantitative estimate of drug-likeness (QED) is 0.782. The molecular weight excluding hydrogens is 230 g/mol. The molecule has 0 spiro atoms. The summed E-state index contributed by atoms with van der Waals surface area (Å²) >= 11 is 6.07. The molecule has 0 saturated heterocycles. The van der Waals surface area contributed by atoms with Gasteiger partial charge in [0.25, 0.3) is 0 Å². The van der Waals surface area contributed by atoms with E-state index in [0.717, 1.165) is 11.6 Å². The highest BCUT2D eigenvalue weighted by atomic mass is 35.5. The SMILES string of the molecule is Cc1cc(Cl)cc(CNC2CCCCCC2)c1. The molecule has 0 aromatic heterocycles. The first kappa shape index (κ1) is 12.9. The van der Waals surface area contributed by atoms with E-state index < -0.39 is 0 Å². The third kappa shape index (κ3) is 4.33. The molecule has 2 rings (SSSR count). The first-order valence-electron chi connectivity index (χ1n) is 6.73. The number of benzene rings is 1. The van der Waals surface area contributed by atoms with Crippen molar-refractivity contribution in [3.05, 3.63) is 34.3 Å². The van der Waals surface area contributed by atoms with Gasteiger partial charge in [-0.15, -0.1) is 0 Å². The van der Waals surface area contributed by atoms with Crippen LogP contribution in [0.4, 0.5) is 0 Å². The predicted molar refractivity (Wildman–Crippen MR) is 74.5 cm³/mol. The van der Waals surface area contributed by atoms with Crippen molar-refractivity contribution in [3.63, 3.8) is 0 Å². The van der Waals surface area contributed by atoms with Gasteiger partial charge in [0.2, 0.25) is 0 Å². The van der Waals surface area contributed by atoms with E-state index in [9.17, 15) is 0 Å². The van der Waals surface area contributed by atoms with E-state index in [4.69, 9.17) is 11.6 Å². The third-order valence-electron chi connectivity index (χ3n) is 3.55. The second-order valence-corrected chi connectivity index (χ2v) is 5.64. The fraction of sp³-hybridized carbons (Fsp3) is 0.600. The zero-order chi connectivity index (χ0) is 12.1. The molecule has 1 aromatic carbocycles. The molecule has 0 amide bonds. The Hall–Kier alpha value is -0.530. The summed E-state index contributed by atoms with van der Waals surface area (Å²) in [6, 6.07) is 7.00. The second kappa shape index (κ2) is 6.42. The van der Waals surface area contributed by atoms with E-state index in [2.05, 4.69) is 24.4 Å². The van der Waals surface area contributed by atoms with Crippen LogP contribution in [0.1, 0.15) is 49.7 Å². The van der Waals surface area contributed by atoms with Gasteiger partial charge in [-0.2, -0.15) is 0 Å². The van der Waals surface area contributed by atoms with Gasteiger partial charge in [-0.25, -0.2) is 0 Å². The van der Waals surface area contributed by atoms with Crippen molar-refractivity contribution in [2.45, 2.75) is 58.0 Å². The monoisotopic (exact) mass is 251 g/mol. The molecule has 1 nitrogen and oxygen atoms in total. The Morgan fingerprint density at radius 2 is 1.82 bits per heavy atom. The molecule has 1 aliphatic rings. The van der Waals surface area contributed by atoms with Crippen molar-refractivity contribution in [2.75, 3.05) is 0 Å². The molecule has 1 saturated carbocycles. The van der Waals surface area contributed by atoms with Gasteiger partial charge in [0.1, 0.15) is 0 Å². The Morgan fingerprint density at radius 1 is 1.12 bits per heavy atom. The maximum atomic E-state index is 6.07. The van der Waals surface area contributed by atoms with Crippen LogP contribution in [0.25, 0.3) is 0 Å². The Kier molecular flexibility index (Phi) is 4.87. The lowest BCUT2D eigenvalue weighted by atomic mass is 10.1. The largest absolute Gasteiger partial charge is 0.310 e. The van der Waals surface area contributed by atoms with Gasteiger partial charge in [0, 0.05) is 17.6 Å². The summed E-state index contributed by atoms with van der Waals surface area (Å²) in [7, 11) is 0. The van der Waals surface area contributed by atoms with Gasteiger partial charge < -0.3 is 5.32 Å². The summed E-state index contributed by atoms with van der Waals surface area (Å²) in [4.78, 5) is 0. The van der Waals surface area contributed by atoms with Crippen LogP contribution < -0.4 is 5.32 Å². The number of aryl methyl sites for hydroxylation is 1. The topological polar surface area (TPSA) is 12.0 Å². The van der Waals surface area contributed by atoms with E-state index in [1.165, 1.54) is 49.7 Å². The van der Waals surface area contributed by atoms with Gasteiger partial charge in [-0.3, -0.25) is 0 Å². The molecule has 0 radical (unpaired) electrons. The minimum absolute atomic E-state index is 0.705. The Balaban J connectivity index is 1.87. The smallest absolute Gasteiger partial charge is 0.0411 e. The highest BCUT2D eigenvalue weighted by molar-refractivity contribution is 6.30. The van der Waals surface area contributed by atoms with Crippen molar-refractivity contribution in [1.82, 2.24) is 5.32 Å². The molecule has 1 aromatic rings. The lowest BCUT2D eigenvalue weighted by Crippen LogP contribution is -2.27. The van der Waals surface area contributed by atoms with Gasteiger partial charge in [0.05, 0.1) is 0 Å². The lowest BCUT2D eigenvalue weighted by Gasteiger charge is -2.16. The van der Waals surface area contributed by atoms with Crippen LogP contribution in [-0.4, -0.2) is 6.04 Å². The molecule has 0 unspecified atom stereocenters.